The van der Waals surface area contributed by atoms with Crippen LogP contribution in [0, 0.1) is 5.92 Å². The SMILES string of the molecule is NCc1cncn1CC1CC(F)(F)C1. The maximum Gasteiger partial charge on any atom is 0.248 e. The van der Waals surface area contributed by atoms with Crippen molar-refractivity contribution in [3.8, 4) is 0 Å². The fourth-order valence-electron chi connectivity index (χ4n) is 1.87. The van der Waals surface area contributed by atoms with E-state index in [0.29, 0.717) is 13.1 Å². The lowest BCUT2D eigenvalue weighted by Crippen LogP contribution is -2.37. The molecule has 1 aromatic heterocycles. The smallest absolute Gasteiger partial charge is 0.248 e. The van der Waals surface area contributed by atoms with Crippen molar-refractivity contribution in [2.24, 2.45) is 11.7 Å². The number of aromatic nitrogens is 2. The molecule has 0 amide bonds. The normalized spacial score (nSPS) is 20.8. The number of imidazole rings is 1. The van der Waals surface area contributed by atoms with E-state index >= 15 is 0 Å². The zero-order valence-electron chi connectivity index (χ0n) is 7.79. The minimum atomic E-state index is -2.44. The number of hydrogen-bond acceptors (Lipinski definition) is 2. The van der Waals surface area contributed by atoms with E-state index in [9.17, 15) is 8.78 Å². The molecule has 1 aliphatic carbocycles. The van der Waals surface area contributed by atoms with Crippen LogP contribution in [0.1, 0.15) is 18.5 Å². The topological polar surface area (TPSA) is 43.8 Å². The van der Waals surface area contributed by atoms with Crippen molar-refractivity contribution in [1.29, 1.82) is 0 Å². The molecule has 0 unspecified atom stereocenters. The number of alkyl halides is 2. The quantitative estimate of drug-likeness (QED) is 0.803. The monoisotopic (exact) mass is 201 g/mol. The van der Waals surface area contributed by atoms with Crippen LogP contribution in [0.3, 0.4) is 0 Å². The van der Waals surface area contributed by atoms with Gasteiger partial charge in [0.05, 0.1) is 12.0 Å². The van der Waals surface area contributed by atoms with Crippen LogP contribution in [0.25, 0.3) is 0 Å². The summed E-state index contributed by atoms with van der Waals surface area (Å²) in [6.45, 7) is 1.02. The Labute approximate surface area is 80.9 Å². The third-order valence-electron chi connectivity index (χ3n) is 2.64. The summed E-state index contributed by atoms with van der Waals surface area (Å²) in [5.41, 5.74) is 6.38. The summed E-state index contributed by atoms with van der Waals surface area (Å²) in [5.74, 6) is -2.36. The second-order valence-electron chi connectivity index (χ2n) is 3.87. The minimum absolute atomic E-state index is 0.00477. The van der Waals surface area contributed by atoms with Crippen LogP contribution in [0.15, 0.2) is 12.5 Å². The molecule has 1 aliphatic rings. The van der Waals surface area contributed by atoms with E-state index in [4.69, 9.17) is 5.73 Å². The Morgan fingerprint density at radius 2 is 2.29 bits per heavy atom. The molecule has 2 rings (SSSR count). The number of nitrogens with two attached hydrogens (primary N) is 1. The second kappa shape index (κ2) is 3.31. The van der Waals surface area contributed by atoms with Gasteiger partial charge in [0.25, 0.3) is 0 Å². The highest BCUT2D eigenvalue weighted by Gasteiger charge is 2.45. The van der Waals surface area contributed by atoms with E-state index in [1.54, 1.807) is 12.5 Å². The first-order chi connectivity index (χ1) is 6.61. The molecule has 3 nitrogen and oxygen atoms in total. The molecule has 0 atom stereocenters. The van der Waals surface area contributed by atoms with Crippen molar-refractivity contribution in [3.05, 3.63) is 18.2 Å². The Hall–Kier alpha value is -0.970. The van der Waals surface area contributed by atoms with Crippen LogP contribution >= 0.6 is 0 Å². The van der Waals surface area contributed by atoms with Crippen LogP contribution in [0.5, 0.6) is 0 Å². The molecule has 1 saturated carbocycles. The molecule has 14 heavy (non-hydrogen) atoms. The van der Waals surface area contributed by atoms with E-state index in [2.05, 4.69) is 4.98 Å². The first kappa shape index (κ1) is 9.58. The maximum absolute atomic E-state index is 12.5. The summed E-state index contributed by atoms with van der Waals surface area (Å²) >= 11 is 0. The first-order valence-electron chi connectivity index (χ1n) is 4.67. The van der Waals surface area contributed by atoms with Crippen LogP contribution in [0.4, 0.5) is 8.78 Å². The van der Waals surface area contributed by atoms with Crippen LogP contribution in [0.2, 0.25) is 0 Å². The van der Waals surface area contributed by atoms with Gasteiger partial charge in [-0.1, -0.05) is 0 Å². The second-order valence-corrected chi connectivity index (χ2v) is 3.87. The van der Waals surface area contributed by atoms with Gasteiger partial charge in [0.2, 0.25) is 5.92 Å². The molecule has 1 fully saturated rings. The van der Waals surface area contributed by atoms with Crippen molar-refractivity contribution < 1.29 is 8.78 Å². The lowest BCUT2D eigenvalue weighted by atomic mass is 9.81. The summed E-state index contributed by atoms with van der Waals surface area (Å²) in [4.78, 5) is 3.94. The van der Waals surface area contributed by atoms with Gasteiger partial charge < -0.3 is 10.3 Å². The number of hydrogen-bond donors (Lipinski definition) is 1. The molecule has 0 bridgehead atoms. The van der Waals surface area contributed by atoms with Crippen LogP contribution < -0.4 is 5.73 Å². The highest BCUT2D eigenvalue weighted by atomic mass is 19.3. The van der Waals surface area contributed by atoms with Gasteiger partial charge in [0.1, 0.15) is 0 Å². The lowest BCUT2D eigenvalue weighted by molar-refractivity contribution is -0.114. The average molecular weight is 201 g/mol. The van der Waals surface area contributed by atoms with Crippen molar-refractivity contribution in [1.82, 2.24) is 9.55 Å². The molecule has 0 aliphatic heterocycles. The van der Waals surface area contributed by atoms with Crippen LogP contribution in [-0.4, -0.2) is 15.5 Å². The van der Waals surface area contributed by atoms with Gasteiger partial charge >= 0.3 is 0 Å². The third kappa shape index (κ3) is 1.77. The molecule has 5 heteroatoms. The Morgan fingerprint density at radius 1 is 1.57 bits per heavy atom. The Kier molecular flexibility index (Phi) is 2.26. The fraction of sp³-hybridized carbons (Fsp3) is 0.667. The van der Waals surface area contributed by atoms with Crippen molar-refractivity contribution in [3.63, 3.8) is 0 Å². The molecule has 1 aromatic rings. The Bertz CT molecular complexity index is 314. The summed E-state index contributed by atoms with van der Waals surface area (Å²) < 4.78 is 27.0. The molecular formula is C9H13F2N3. The van der Waals surface area contributed by atoms with E-state index < -0.39 is 5.92 Å². The van der Waals surface area contributed by atoms with E-state index in [1.165, 1.54) is 0 Å². The summed E-state index contributed by atoms with van der Waals surface area (Å²) in [6.07, 6.45) is 3.32. The predicted octanol–water partition coefficient (Wildman–Crippen LogP) is 1.39. The average Bonchev–Trinajstić information content (AvgIpc) is 2.48. The van der Waals surface area contributed by atoms with E-state index in [-0.39, 0.29) is 18.8 Å². The van der Waals surface area contributed by atoms with Gasteiger partial charge in [-0.3, -0.25) is 0 Å². The molecule has 78 valence electrons. The molecule has 2 N–H and O–H groups in total. The predicted molar refractivity (Wildman–Crippen MR) is 47.8 cm³/mol. The van der Waals surface area contributed by atoms with E-state index in [1.807, 2.05) is 4.57 Å². The fourth-order valence-corrected chi connectivity index (χ4v) is 1.87. The van der Waals surface area contributed by atoms with Gasteiger partial charge in [0.15, 0.2) is 0 Å². The third-order valence-corrected chi connectivity index (χ3v) is 2.64. The Balaban J connectivity index is 1.93. The standard InChI is InChI=1S/C9H13F2N3/c10-9(11)1-7(2-9)5-14-6-13-4-8(14)3-12/h4,6-7H,1-3,5,12H2. The van der Waals surface area contributed by atoms with Gasteiger partial charge in [-0.15, -0.1) is 0 Å². The van der Waals surface area contributed by atoms with E-state index in [0.717, 1.165) is 5.69 Å². The largest absolute Gasteiger partial charge is 0.333 e. The van der Waals surface area contributed by atoms with Gasteiger partial charge in [-0.25, -0.2) is 13.8 Å². The first-order valence-corrected chi connectivity index (χ1v) is 4.67. The molecule has 0 aromatic carbocycles. The molecule has 1 heterocycles. The van der Waals surface area contributed by atoms with Crippen LogP contribution in [-0.2, 0) is 13.1 Å². The maximum atomic E-state index is 12.5. The van der Waals surface area contributed by atoms with Crippen molar-refractivity contribution >= 4 is 0 Å². The van der Waals surface area contributed by atoms with Gasteiger partial charge in [-0.05, 0) is 5.92 Å². The molecule has 0 spiro atoms. The highest BCUT2D eigenvalue weighted by Crippen LogP contribution is 2.43. The van der Waals surface area contributed by atoms with Crippen molar-refractivity contribution in [2.45, 2.75) is 31.9 Å². The van der Waals surface area contributed by atoms with Crippen molar-refractivity contribution in [2.75, 3.05) is 0 Å². The molecule has 0 saturated heterocycles. The minimum Gasteiger partial charge on any atom is -0.333 e. The summed E-state index contributed by atoms with van der Waals surface area (Å²) in [7, 11) is 0. The summed E-state index contributed by atoms with van der Waals surface area (Å²) in [5, 5.41) is 0. The zero-order valence-corrected chi connectivity index (χ0v) is 7.79. The molecule has 0 radical (unpaired) electrons. The van der Waals surface area contributed by atoms with Gasteiger partial charge in [-0.2, -0.15) is 0 Å². The number of rotatable bonds is 3. The lowest BCUT2D eigenvalue weighted by Gasteiger charge is -2.35. The number of halogens is 2. The summed E-state index contributed by atoms with van der Waals surface area (Å²) in [6, 6.07) is 0. The molecular weight excluding hydrogens is 188 g/mol. The highest BCUT2D eigenvalue weighted by molar-refractivity contribution is 4.98. The number of nitrogens with zero attached hydrogens (tertiary/aromatic N) is 2. The Morgan fingerprint density at radius 3 is 2.86 bits per heavy atom. The zero-order chi connectivity index (χ0) is 10.2. The van der Waals surface area contributed by atoms with Gasteiger partial charge in [0, 0.05) is 32.1 Å².